The van der Waals surface area contributed by atoms with Gasteiger partial charge in [0.05, 0.1) is 17.8 Å². The fourth-order valence-corrected chi connectivity index (χ4v) is 3.64. The molecular formula is H3F3N3P3. The summed E-state index contributed by atoms with van der Waals surface area (Å²) < 4.78 is 35.7. The second-order valence-electron chi connectivity index (χ2n) is 1.11. The molecule has 0 aromatic carbocycles. The van der Waals surface area contributed by atoms with Gasteiger partial charge in [0.15, 0.2) is 0 Å². The number of hydrogen-bond donors (Lipinski definition) is 1. The van der Waals surface area contributed by atoms with E-state index in [4.69, 9.17) is 0 Å². The first-order chi connectivity index (χ1) is 4.22. The van der Waals surface area contributed by atoms with Crippen LogP contribution in [-0.4, -0.2) is 9.33 Å². The molecule has 0 bridgehead atoms. The number of nitrogens with one attached hydrogen (secondary N) is 1. The average molecular weight is 195 g/mol. The second kappa shape index (κ2) is 3.38. The summed E-state index contributed by atoms with van der Waals surface area (Å²) in [6, 6.07) is 0. The molecule has 1 fully saturated rings. The maximum Gasteiger partial charge on any atom is 0.303 e. The molecule has 9 heavy (non-hydrogen) atoms. The van der Waals surface area contributed by atoms with Crippen LogP contribution in [0.15, 0.2) is 0 Å². The van der Waals surface area contributed by atoms with Crippen LogP contribution < -0.4 is 4.86 Å². The van der Waals surface area contributed by atoms with Crippen molar-refractivity contribution in [1.82, 2.24) is 14.2 Å². The summed E-state index contributed by atoms with van der Waals surface area (Å²) in [5, 5.41) is 0. The van der Waals surface area contributed by atoms with E-state index in [1.807, 2.05) is 0 Å². The lowest BCUT2D eigenvalue weighted by Crippen LogP contribution is -2.12. The summed E-state index contributed by atoms with van der Waals surface area (Å²) in [4.78, 5) is 2.35. The van der Waals surface area contributed by atoms with Gasteiger partial charge in [0.2, 0.25) is 0 Å². The third kappa shape index (κ3) is 1.94. The Morgan fingerprint density at radius 2 is 1.67 bits per heavy atom. The zero-order valence-corrected chi connectivity index (χ0v) is 6.87. The molecule has 2 unspecified atom stereocenters. The third-order valence-corrected chi connectivity index (χ3v) is 4.02. The normalized spacial score (nSPS) is 38.3. The van der Waals surface area contributed by atoms with Gasteiger partial charge in [-0.25, -0.2) is 4.86 Å². The van der Waals surface area contributed by atoms with Crippen molar-refractivity contribution in [3.63, 3.8) is 0 Å². The van der Waals surface area contributed by atoms with E-state index in [2.05, 4.69) is 4.86 Å². The second-order valence-corrected chi connectivity index (χ2v) is 5.28. The highest BCUT2D eigenvalue weighted by molar-refractivity contribution is 7.69. The van der Waals surface area contributed by atoms with Gasteiger partial charge in [-0.3, -0.25) is 0 Å². The average Bonchev–Trinajstić information content (AvgIpc) is 1.83. The van der Waals surface area contributed by atoms with Crippen molar-refractivity contribution in [2.24, 2.45) is 0 Å². The first-order valence-corrected chi connectivity index (χ1v) is 4.89. The minimum absolute atomic E-state index is 0.175. The van der Waals surface area contributed by atoms with Gasteiger partial charge in [0.25, 0.3) is 0 Å². The molecule has 1 aliphatic heterocycles. The van der Waals surface area contributed by atoms with Gasteiger partial charge in [-0.1, -0.05) is 0 Å². The predicted octanol–water partition coefficient (Wildman–Crippen LogP) is 2.18. The van der Waals surface area contributed by atoms with Crippen molar-refractivity contribution >= 4 is 26.3 Å². The Balaban J connectivity index is 2.41. The Kier molecular flexibility index (Phi) is 3.03. The summed E-state index contributed by atoms with van der Waals surface area (Å²) in [5.41, 5.74) is 0. The molecule has 3 nitrogen and oxygen atoms in total. The summed E-state index contributed by atoms with van der Waals surface area (Å²) in [6.45, 7) is 0. The van der Waals surface area contributed by atoms with Gasteiger partial charge < -0.3 is 0 Å². The minimum atomic E-state index is -2.82. The number of halogens is 3. The molecule has 0 radical (unpaired) electrons. The SMILES string of the molecule is FN1PNPN(F)P1F. The highest BCUT2D eigenvalue weighted by Crippen LogP contribution is 2.60. The zero-order valence-electron chi connectivity index (χ0n) is 3.98. The van der Waals surface area contributed by atoms with Crippen molar-refractivity contribution in [3.8, 4) is 0 Å². The Labute approximate surface area is 54.6 Å². The molecule has 1 rings (SSSR count). The van der Waals surface area contributed by atoms with E-state index in [9.17, 15) is 13.2 Å². The van der Waals surface area contributed by atoms with Crippen molar-refractivity contribution in [2.45, 2.75) is 0 Å². The van der Waals surface area contributed by atoms with Crippen molar-refractivity contribution < 1.29 is 13.2 Å². The van der Waals surface area contributed by atoms with Gasteiger partial charge in [-0.05, 0) is 9.33 Å². The molecule has 1 saturated heterocycles. The van der Waals surface area contributed by atoms with E-state index in [1.54, 1.807) is 0 Å². The van der Waals surface area contributed by atoms with Crippen LogP contribution in [0.25, 0.3) is 0 Å². The lowest BCUT2D eigenvalue weighted by atomic mass is 13.6. The lowest BCUT2D eigenvalue weighted by molar-refractivity contribution is 0.203. The van der Waals surface area contributed by atoms with Crippen LogP contribution in [-0.2, 0) is 0 Å². The highest BCUT2D eigenvalue weighted by Gasteiger charge is 2.31. The Hall–Kier alpha value is 0.960. The molecular weight excluding hydrogens is 192 g/mol. The molecule has 0 spiro atoms. The van der Waals surface area contributed by atoms with Gasteiger partial charge in [0.1, 0.15) is 0 Å². The van der Waals surface area contributed by atoms with Gasteiger partial charge in [0, 0.05) is 0 Å². The quantitative estimate of drug-likeness (QED) is 0.472. The van der Waals surface area contributed by atoms with Crippen molar-refractivity contribution in [2.75, 3.05) is 0 Å². The summed E-state index contributed by atoms with van der Waals surface area (Å²) in [5.74, 6) is 0. The number of nitrogens with zero attached hydrogens (tertiary/aromatic N) is 2. The standard InChI is InChI=1S/F3H3N3P3/c1-5-7-4-8-6(2)9(5)3/h4,7-8H. The first kappa shape index (κ1) is 8.06. The summed E-state index contributed by atoms with van der Waals surface area (Å²) in [7, 11) is -3.73. The van der Waals surface area contributed by atoms with Crippen molar-refractivity contribution in [1.29, 1.82) is 0 Å². The summed E-state index contributed by atoms with van der Waals surface area (Å²) >= 11 is 0. The Bertz CT molecular complexity index is 90.3. The molecule has 1 N–H and O–H groups in total. The van der Waals surface area contributed by atoms with E-state index >= 15 is 0 Å². The molecule has 0 amide bonds. The zero-order chi connectivity index (χ0) is 6.85. The molecule has 2 atom stereocenters. The van der Waals surface area contributed by atoms with Gasteiger partial charge in [-0.2, -0.15) is 4.20 Å². The van der Waals surface area contributed by atoms with Crippen LogP contribution in [0.5, 0.6) is 0 Å². The van der Waals surface area contributed by atoms with E-state index in [-0.39, 0.29) is 9.33 Å². The van der Waals surface area contributed by atoms with Crippen LogP contribution in [0.1, 0.15) is 0 Å². The smallest absolute Gasteiger partial charge is 0.249 e. The van der Waals surface area contributed by atoms with E-state index in [0.717, 1.165) is 0 Å². The molecule has 0 aliphatic carbocycles. The maximum absolute atomic E-state index is 12.1. The minimum Gasteiger partial charge on any atom is -0.249 e. The van der Waals surface area contributed by atoms with E-state index < -0.39 is 26.3 Å². The Morgan fingerprint density at radius 1 is 1.22 bits per heavy atom. The third-order valence-electron chi connectivity index (χ3n) is 0.586. The van der Waals surface area contributed by atoms with Gasteiger partial charge >= 0.3 is 8.53 Å². The number of hydrogen-bond acceptors (Lipinski definition) is 3. The van der Waals surface area contributed by atoms with E-state index in [0.29, 0.717) is 0 Å². The molecule has 0 aromatic rings. The fraction of sp³-hybridized carbons (Fsp3) is 0. The monoisotopic (exact) mass is 195 g/mol. The highest BCUT2D eigenvalue weighted by atomic mass is 31.2. The number of rotatable bonds is 0. The van der Waals surface area contributed by atoms with Crippen LogP contribution in [0, 0.1) is 0 Å². The topological polar surface area (TPSA) is 18.5 Å². The largest absolute Gasteiger partial charge is 0.303 e. The maximum atomic E-state index is 12.1. The molecule has 0 aromatic heterocycles. The van der Waals surface area contributed by atoms with Crippen molar-refractivity contribution in [3.05, 3.63) is 0 Å². The molecule has 1 heterocycles. The fourth-order valence-electron chi connectivity index (χ4n) is 0.269. The molecule has 0 saturated carbocycles. The molecule has 9 heteroatoms. The van der Waals surface area contributed by atoms with Crippen LogP contribution in [0.3, 0.4) is 0 Å². The first-order valence-electron chi connectivity index (χ1n) is 1.85. The van der Waals surface area contributed by atoms with Gasteiger partial charge in [-0.15, -0.1) is 8.96 Å². The molecule has 1 aliphatic rings. The predicted molar refractivity (Wildman–Crippen MR) is 33.7 cm³/mol. The van der Waals surface area contributed by atoms with E-state index in [1.165, 1.54) is 0 Å². The van der Waals surface area contributed by atoms with Crippen LogP contribution in [0.2, 0.25) is 0 Å². The Morgan fingerprint density at radius 3 is 2.00 bits per heavy atom. The van der Waals surface area contributed by atoms with Crippen LogP contribution in [0.4, 0.5) is 13.2 Å². The van der Waals surface area contributed by atoms with Crippen LogP contribution >= 0.6 is 26.3 Å². The lowest BCUT2D eigenvalue weighted by Gasteiger charge is -2.24. The molecule has 54 valence electrons. The summed E-state index contributed by atoms with van der Waals surface area (Å²) in [6.07, 6.45) is 0.